The molecule has 24 heteroatoms. The van der Waals surface area contributed by atoms with Crippen LogP contribution < -0.4 is 21.5 Å². The highest BCUT2D eigenvalue weighted by molar-refractivity contribution is 6.03. The molecule has 1 saturated carbocycles. The molecule has 3 aliphatic heterocycles. The van der Waals surface area contributed by atoms with Crippen LogP contribution in [-0.4, -0.2) is 129 Å². The molecule has 9 rings (SSSR count). The summed E-state index contributed by atoms with van der Waals surface area (Å²) in [6.45, 7) is 6.86. The number of nitrogens with zero attached hydrogens (tertiary/aromatic N) is 6. The van der Waals surface area contributed by atoms with Gasteiger partial charge in [0.15, 0.2) is 0 Å². The van der Waals surface area contributed by atoms with E-state index in [0.717, 1.165) is 29.4 Å². The van der Waals surface area contributed by atoms with E-state index in [0.29, 0.717) is 86.0 Å². The maximum atomic E-state index is 14.0. The predicted octanol–water partition coefficient (Wildman–Crippen LogP) is 3.92. The maximum absolute atomic E-state index is 14.0. The highest BCUT2D eigenvalue weighted by Crippen LogP contribution is 2.43. The number of hydrogen-bond acceptors (Lipinski definition) is 18. The zero-order valence-corrected chi connectivity index (χ0v) is 44.9. The van der Waals surface area contributed by atoms with Crippen molar-refractivity contribution in [3.63, 3.8) is 0 Å². The number of rotatable bonds is 24. The van der Waals surface area contributed by atoms with Crippen LogP contribution in [0.5, 0.6) is 5.75 Å². The minimum atomic E-state index is -1.98. The van der Waals surface area contributed by atoms with Gasteiger partial charge in [-0.1, -0.05) is 38.1 Å². The minimum absolute atomic E-state index is 0.0406. The summed E-state index contributed by atoms with van der Waals surface area (Å²) in [5, 5.41) is 27.5. The molecule has 5 aromatic rings. The quantitative estimate of drug-likeness (QED) is 0.0379. The first-order chi connectivity index (χ1) is 38.6. The lowest BCUT2D eigenvalue weighted by Crippen LogP contribution is -2.47. The molecule has 4 N–H and O–H groups in total. The van der Waals surface area contributed by atoms with E-state index in [1.807, 2.05) is 6.92 Å². The van der Waals surface area contributed by atoms with Crippen molar-refractivity contribution in [2.45, 2.75) is 104 Å². The van der Waals surface area contributed by atoms with Gasteiger partial charge in [-0.15, -0.1) is 5.10 Å². The van der Waals surface area contributed by atoms with E-state index in [1.54, 1.807) is 77.8 Å². The number of phenols is 1. The lowest BCUT2D eigenvalue weighted by molar-refractivity contribution is -0.175. The van der Waals surface area contributed by atoms with Crippen LogP contribution in [0.1, 0.15) is 92.8 Å². The molecule has 80 heavy (non-hydrogen) atoms. The van der Waals surface area contributed by atoms with Crippen molar-refractivity contribution >= 4 is 58.3 Å². The average molecular weight is 1100 g/mol. The number of imide groups is 1. The van der Waals surface area contributed by atoms with Crippen LogP contribution in [0.4, 0.5) is 10.5 Å². The third-order valence-electron chi connectivity index (χ3n) is 15.0. The molecule has 4 aliphatic rings. The van der Waals surface area contributed by atoms with Crippen LogP contribution >= 0.6 is 0 Å². The van der Waals surface area contributed by atoms with Gasteiger partial charge in [0.2, 0.25) is 35.1 Å². The van der Waals surface area contributed by atoms with Crippen LogP contribution in [0.3, 0.4) is 0 Å². The van der Waals surface area contributed by atoms with Crippen LogP contribution in [0.15, 0.2) is 59.5 Å². The number of aryl methyl sites for hydroxylation is 1. The van der Waals surface area contributed by atoms with E-state index in [1.165, 1.54) is 4.90 Å². The largest absolute Gasteiger partial charge is 0.510 e. The summed E-state index contributed by atoms with van der Waals surface area (Å²) in [6.07, 6.45) is 4.40. The van der Waals surface area contributed by atoms with E-state index in [4.69, 9.17) is 33.4 Å². The second-order valence-electron chi connectivity index (χ2n) is 20.4. The number of amides is 5. The number of likely N-dealkylation sites (tertiary alicyclic amines) is 1. The molecule has 3 aromatic heterocycles. The van der Waals surface area contributed by atoms with Gasteiger partial charge in [-0.2, -0.15) is 0 Å². The van der Waals surface area contributed by atoms with Gasteiger partial charge in [-0.3, -0.25) is 33.7 Å². The molecule has 2 fully saturated rings. The molecule has 1 saturated heterocycles. The van der Waals surface area contributed by atoms with Crippen molar-refractivity contribution in [1.82, 2.24) is 40.1 Å². The number of fused-ring (bicyclic) bond motifs is 5. The van der Waals surface area contributed by atoms with Crippen molar-refractivity contribution in [2.24, 2.45) is 17.8 Å². The number of pyridine rings is 2. The number of cyclic esters (lactones) is 1. The average Bonchev–Trinajstić information content (AvgIpc) is 4.31. The number of nitrogens with one attached hydrogen (secondary N) is 3. The number of hydrogen-bond donors (Lipinski definition) is 4. The van der Waals surface area contributed by atoms with E-state index in [9.17, 15) is 43.5 Å². The number of carbonyl (C=O) groups excluding carboxylic acids is 7. The standard InChI is InChI=1S/C56H65N9O15/c1-4-40-41-23-39(66)14-15-45(41)60-50-42(40)28-64-46(50)24-44-43(53(64)72)30-78-54(73)56(44,5-2)80-55(74)79-29-35-8-12-37(13-9-35)59-48(68)32-77-31-47(67)57-16-18-75-20-21-76-19-17-63-27-38(61-62-63)25-58-51(70)36-10-6-34(7-11-36)26-65-49(69)22-33(3)52(65)71/h8-9,12-15,23-24,27,33-34,36,66H,4-7,10-11,16-22,25-26,28-32H2,1-3H3,(H,57,67)(H,58,70)(H,59,68)/t33?,34?,36?,56-/m0/s1. The smallest absolute Gasteiger partial charge is 0.508 e. The fourth-order valence-electron chi connectivity index (χ4n) is 10.7. The first-order valence-electron chi connectivity index (χ1n) is 27.0. The Kier molecular flexibility index (Phi) is 17.9. The molecule has 1 unspecified atom stereocenters. The van der Waals surface area contributed by atoms with Gasteiger partial charge >= 0.3 is 12.1 Å². The number of aromatic hydroxyl groups is 1. The molecule has 1 aliphatic carbocycles. The minimum Gasteiger partial charge on any atom is -0.508 e. The van der Waals surface area contributed by atoms with Crippen molar-refractivity contribution < 1.29 is 67.1 Å². The number of aromatic nitrogens is 5. The molecule has 0 spiro atoms. The number of phenolic OH excluding ortho intramolecular Hbond substituents is 1. The summed E-state index contributed by atoms with van der Waals surface area (Å²) >= 11 is 0. The topological polar surface area (TPSA) is 300 Å². The van der Waals surface area contributed by atoms with Crippen LogP contribution in [0, 0.1) is 17.8 Å². The normalized spacial score (nSPS) is 19.3. The Balaban J connectivity index is 0.617. The second kappa shape index (κ2) is 25.4. The summed E-state index contributed by atoms with van der Waals surface area (Å²) in [7, 11) is 0. The van der Waals surface area contributed by atoms with Crippen LogP contribution in [-0.2, 0) is 102 Å². The summed E-state index contributed by atoms with van der Waals surface area (Å²) in [5.41, 5.74) is 2.99. The van der Waals surface area contributed by atoms with Gasteiger partial charge in [0.1, 0.15) is 37.9 Å². The van der Waals surface area contributed by atoms with Gasteiger partial charge in [-0.25, -0.2) is 19.3 Å². The van der Waals surface area contributed by atoms with Crippen molar-refractivity contribution in [3.05, 3.63) is 98.6 Å². The Morgan fingerprint density at radius 1 is 0.875 bits per heavy atom. The van der Waals surface area contributed by atoms with E-state index >= 15 is 0 Å². The third kappa shape index (κ3) is 12.8. The third-order valence-corrected chi connectivity index (χ3v) is 15.0. The molecular weight excluding hydrogens is 1040 g/mol. The fourth-order valence-corrected chi connectivity index (χ4v) is 10.7. The number of carbonyl (C=O) groups is 7. The molecule has 6 heterocycles. The van der Waals surface area contributed by atoms with Crippen molar-refractivity contribution in [2.75, 3.05) is 58.0 Å². The van der Waals surface area contributed by atoms with Gasteiger partial charge < -0.3 is 54.0 Å². The summed E-state index contributed by atoms with van der Waals surface area (Å²) < 4.78 is 36.3. The second-order valence-corrected chi connectivity index (χ2v) is 20.4. The molecule has 5 amide bonds. The van der Waals surface area contributed by atoms with E-state index in [2.05, 4.69) is 26.3 Å². The molecule has 24 nitrogen and oxygen atoms in total. The lowest BCUT2D eigenvalue weighted by Gasteiger charge is -2.35. The Morgan fingerprint density at radius 2 is 1.64 bits per heavy atom. The molecular formula is C56H65N9O15. The fraction of sp³-hybridized carbons (Fsp3) is 0.482. The van der Waals surface area contributed by atoms with Crippen molar-refractivity contribution in [1.29, 1.82) is 0 Å². The van der Waals surface area contributed by atoms with Crippen molar-refractivity contribution in [3.8, 4) is 17.1 Å². The SMILES string of the molecule is CCc1c2c(nc3ccc(O)cc13)-c1cc3c(c(=O)n1C2)COC(=O)[C@@]3(CC)OC(=O)OCc1ccc(NC(=O)COCC(=O)NCCOCCOCCn2cc(CNC(=O)C3CCC(CN4C(=O)CC(C)C4=O)CC3)nn2)cc1. The van der Waals surface area contributed by atoms with Crippen LogP contribution in [0.2, 0.25) is 0 Å². The predicted molar refractivity (Wildman–Crippen MR) is 283 cm³/mol. The molecule has 0 bridgehead atoms. The van der Waals surface area contributed by atoms with Gasteiger partial charge in [0, 0.05) is 53.5 Å². The zero-order chi connectivity index (χ0) is 56.5. The number of esters is 1. The Morgan fingerprint density at radius 3 is 2.38 bits per heavy atom. The number of benzene rings is 2. The van der Waals surface area contributed by atoms with E-state index < -0.39 is 41.7 Å². The Bertz CT molecular complexity index is 3220. The van der Waals surface area contributed by atoms with Gasteiger partial charge in [0.05, 0.1) is 74.7 Å². The maximum Gasteiger partial charge on any atom is 0.510 e. The molecule has 0 radical (unpaired) electrons. The first kappa shape index (κ1) is 56.6. The highest BCUT2D eigenvalue weighted by Gasteiger charge is 2.51. The Hall–Kier alpha value is -8.09. The van der Waals surface area contributed by atoms with Crippen LogP contribution in [0.25, 0.3) is 22.3 Å². The summed E-state index contributed by atoms with van der Waals surface area (Å²) in [5.74, 6) is -2.08. The van der Waals surface area contributed by atoms with E-state index in [-0.39, 0.29) is 111 Å². The molecule has 424 valence electrons. The zero-order valence-electron chi connectivity index (χ0n) is 44.9. The van der Waals surface area contributed by atoms with Gasteiger partial charge in [0.25, 0.3) is 5.56 Å². The summed E-state index contributed by atoms with van der Waals surface area (Å²) in [6, 6.07) is 13.0. The molecule has 2 aromatic carbocycles. The summed E-state index contributed by atoms with van der Waals surface area (Å²) in [4.78, 5) is 109. The monoisotopic (exact) mass is 1100 g/mol. The molecule has 2 atom stereocenters. The first-order valence-corrected chi connectivity index (χ1v) is 27.0. The van der Waals surface area contributed by atoms with Gasteiger partial charge in [-0.05, 0) is 92.0 Å². The Labute approximate surface area is 459 Å². The number of anilines is 1. The number of ether oxygens (including phenoxy) is 6. The lowest BCUT2D eigenvalue weighted by atomic mass is 9.81. The highest BCUT2D eigenvalue weighted by atomic mass is 16.7.